The van der Waals surface area contributed by atoms with Gasteiger partial charge in [-0.25, -0.2) is 0 Å². The van der Waals surface area contributed by atoms with Crippen LogP contribution in [0.5, 0.6) is 17.2 Å². The molecule has 102 valence electrons. The van der Waals surface area contributed by atoms with Crippen molar-refractivity contribution in [2.75, 3.05) is 21.3 Å². The van der Waals surface area contributed by atoms with Gasteiger partial charge >= 0.3 is 0 Å². The van der Waals surface area contributed by atoms with Gasteiger partial charge in [0.2, 0.25) is 5.75 Å². The monoisotopic (exact) mass is 265 g/mol. The molecule has 2 aromatic rings. The van der Waals surface area contributed by atoms with Crippen LogP contribution in [-0.2, 0) is 6.61 Å². The molecule has 19 heavy (non-hydrogen) atoms. The van der Waals surface area contributed by atoms with Crippen molar-refractivity contribution in [2.45, 2.75) is 6.61 Å². The van der Waals surface area contributed by atoms with Gasteiger partial charge in [0.25, 0.3) is 0 Å². The quantitative estimate of drug-likeness (QED) is 0.889. The number of ether oxygens (including phenoxy) is 3. The van der Waals surface area contributed by atoms with E-state index in [0.29, 0.717) is 28.7 Å². The topological polar surface area (TPSA) is 74.0 Å². The number of aliphatic hydroxyl groups is 1. The number of hydrogen-bond donors (Lipinski definition) is 1. The smallest absolute Gasteiger partial charge is 0.203 e. The van der Waals surface area contributed by atoms with E-state index in [1.807, 2.05) is 0 Å². The van der Waals surface area contributed by atoms with E-state index < -0.39 is 0 Å². The Labute approximate surface area is 110 Å². The van der Waals surface area contributed by atoms with Crippen molar-refractivity contribution in [1.82, 2.24) is 5.16 Å². The van der Waals surface area contributed by atoms with Gasteiger partial charge in [-0.05, 0) is 12.1 Å². The molecular formula is C13H15NO5. The van der Waals surface area contributed by atoms with E-state index in [-0.39, 0.29) is 6.61 Å². The fourth-order valence-corrected chi connectivity index (χ4v) is 1.75. The molecule has 1 aromatic heterocycles. The summed E-state index contributed by atoms with van der Waals surface area (Å²) in [6.07, 6.45) is 0. The zero-order valence-corrected chi connectivity index (χ0v) is 11.0. The Hall–Kier alpha value is -2.21. The van der Waals surface area contributed by atoms with Gasteiger partial charge in [-0.3, -0.25) is 0 Å². The summed E-state index contributed by atoms with van der Waals surface area (Å²) in [7, 11) is 4.62. The van der Waals surface area contributed by atoms with Crippen LogP contribution >= 0.6 is 0 Å². The van der Waals surface area contributed by atoms with Crippen molar-refractivity contribution in [3.63, 3.8) is 0 Å². The van der Waals surface area contributed by atoms with Crippen molar-refractivity contribution in [1.29, 1.82) is 0 Å². The van der Waals surface area contributed by atoms with E-state index in [1.165, 1.54) is 0 Å². The van der Waals surface area contributed by atoms with Gasteiger partial charge in [-0.2, -0.15) is 0 Å². The molecule has 1 heterocycles. The summed E-state index contributed by atoms with van der Waals surface area (Å²) in [5.74, 6) is 2.08. The average molecular weight is 265 g/mol. The molecule has 0 aliphatic heterocycles. The second-order valence-corrected chi connectivity index (χ2v) is 3.75. The highest BCUT2D eigenvalue weighted by molar-refractivity contribution is 5.67. The Kier molecular flexibility index (Phi) is 3.91. The Bertz CT molecular complexity index is 539. The highest BCUT2D eigenvalue weighted by Gasteiger charge is 2.16. The zero-order valence-electron chi connectivity index (χ0n) is 11.0. The maximum absolute atomic E-state index is 8.99. The third kappa shape index (κ3) is 2.48. The summed E-state index contributed by atoms with van der Waals surface area (Å²) >= 11 is 0. The SMILES string of the molecule is COc1cc(-c2cc(CO)no2)cc(OC)c1OC. The molecule has 6 heteroatoms. The van der Waals surface area contributed by atoms with Crippen LogP contribution in [-0.4, -0.2) is 31.6 Å². The first-order valence-electron chi connectivity index (χ1n) is 5.60. The number of aliphatic hydroxyl groups excluding tert-OH is 1. The fourth-order valence-electron chi connectivity index (χ4n) is 1.75. The fraction of sp³-hybridized carbons (Fsp3) is 0.308. The van der Waals surface area contributed by atoms with Gasteiger partial charge in [-0.15, -0.1) is 0 Å². The van der Waals surface area contributed by atoms with Crippen molar-refractivity contribution in [3.8, 4) is 28.6 Å². The molecule has 1 N–H and O–H groups in total. The molecule has 0 unspecified atom stereocenters. The first kappa shape index (κ1) is 13.2. The number of benzene rings is 1. The van der Waals surface area contributed by atoms with Crippen LogP contribution in [0.1, 0.15) is 5.69 Å². The number of aromatic nitrogens is 1. The minimum atomic E-state index is -0.173. The highest BCUT2D eigenvalue weighted by atomic mass is 16.5. The van der Waals surface area contributed by atoms with Crippen LogP contribution in [0.15, 0.2) is 22.7 Å². The van der Waals surface area contributed by atoms with Crippen LogP contribution in [0.4, 0.5) is 0 Å². The summed E-state index contributed by atoms with van der Waals surface area (Å²) in [6, 6.07) is 5.16. The van der Waals surface area contributed by atoms with Crippen LogP contribution in [0.3, 0.4) is 0 Å². The molecule has 1 aromatic carbocycles. The van der Waals surface area contributed by atoms with Crippen molar-refractivity contribution in [3.05, 3.63) is 23.9 Å². The van der Waals surface area contributed by atoms with Gasteiger partial charge in [0, 0.05) is 11.6 Å². The number of rotatable bonds is 5. The lowest BCUT2D eigenvalue weighted by molar-refractivity contribution is 0.267. The van der Waals surface area contributed by atoms with E-state index in [2.05, 4.69) is 5.16 Å². The minimum Gasteiger partial charge on any atom is -0.493 e. The molecule has 0 spiro atoms. The number of nitrogens with zero attached hydrogens (tertiary/aromatic N) is 1. The molecule has 0 fully saturated rings. The summed E-state index contributed by atoms with van der Waals surface area (Å²) in [6.45, 7) is -0.173. The normalized spacial score (nSPS) is 10.3. The molecule has 0 radical (unpaired) electrons. The van der Waals surface area contributed by atoms with Gasteiger partial charge in [-0.1, -0.05) is 5.16 Å². The first-order valence-corrected chi connectivity index (χ1v) is 5.60. The van der Waals surface area contributed by atoms with Crippen LogP contribution in [0.2, 0.25) is 0 Å². The van der Waals surface area contributed by atoms with E-state index in [1.54, 1.807) is 39.5 Å². The minimum absolute atomic E-state index is 0.173. The molecule has 0 bridgehead atoms. The molecule has 0 aliphatic rings. The molecule has 0 saturated carbocycles. The zero-order chi connectivity index (χ0) is 13.8. The lowest BCUT2D eigenvalue weighted by Gasteiger charge is -2.12. The Balaban J connectivity index is 2.51. The Morgan fingerprint density at radius 2 is 1.68 bits per heavy atom. The van der Waals surface area contributed by atoms with Crippen molar-refractivity contribution >= 4 is 0 Å². The molecule has 6 nitrogen and oxygen atoms in total. The molecule has 2 rings (SSSR count). The van der Waals surface area contributed by atoms with E-state index in [0.717, 1.165) is 5.56 Å². The summed E-state index contributed by atoms with van der Waals surface area (Å²) in [5, 5.41) is 12.7. The second kappa shape index (κ2) is 5.62. The van der Waals surface area contributed by atoms with Gasteiger partial charge < -0.3 is 23.8 Å². The largest absolute Gasteiger partial charge is 0.493 e. The van der Waals surface area contributed by atoms with Gasteiger partial charge in [0.1, 0.15) is 5.69 Å². The predicted octanol–water partition coefficient (Wildman–Crippen LogP) is 1.86. The standard InChI is InChI=1S/C13H15NO5/c1-16-11-4-8(5-12(17-2)13(11)18-3)10-6-9(7-15)14-19-10/h4-6,15H,7H2,1-3H3. The third-order valence-corrected chi connectivity index (χ3v) is 2.67. The van der Waals surface area contributed by atoms with E-state index in [4.69, 9.17) is 23.8 Å². The summed E-state index contributed by atoms with van der Waals surface area (Å²) in [4.78, 5) is 0. The van der Waals surface area contributed by atoms with Crippen molar-refractivity contribution < 1.29 is 23.8 Å². The molecule has 0 atom stereocenters. The third-order valence-electron chi connectivity index (χ3n) is 2.67. The maximum Gasteiger partial charge on any atom is 0.203 e. The van der Waals surface area contributed by atoms with Gasteiger partial charge in [0.05, 0.1) is 27.9 Å². The number of hydrogen-bond acceptors (Lipinski definition) is 6. The molecule has 0 saturated heterocycles. The summed E-state index contributed by atoms with van der Waals surface area (Å²) < 4.78 is 20.9. The van der Waals surface area contributed by atoms with Crippen LogP contribution in [0, 0.1) is 0 Å². The number of methoxy groups -OCH3 is 3. The highest BCUT2D eigenvalue weighted by Crippen LogP contribution is 2.41. The first-order chi connectivity index (χ1) is 9.23. The van der Waals surface area contributed by atoms with Crippen molar-refractivity contribution in [2.24, 2.45) is 0 Å². The summed E-state index contributed by atoms with van der Waals surface area (Å²) in [5.41, 5.74) is 1.19. The lowest BCUT2D eigenvalue weighted by atomic mass is 10.1. The Morgan fingerprint density at radius 3 is 2.11 bits per heavy atom. The predicted molar refractivity (Wildman–Crippen MR) is 67.5 cm³/mol. The van der Waals surface area contributed by atoms with Crippen LogP contribution in [0.25, 0.3) is 11.3 Å². The average Bonchev–Trinajstić information content (AvgIpc) is 2.94. The molecular weight excluding hydrogens is 250 g/mol. The van der Waals surface area contributed by atoms with E-state index in [9.17, 15) is 0 Å². The molecule has 0 amide bonds. The second-order valence-electron chi connectivity index (χ2n) is 3.75. The maximum atomic E-state index is 8.99. The van der Waals surface area contributed by atoms with E-state index >= 15 is 0 Å². The van der Waals surface area contributed by atoms with Gasteiger partial charge in [0.15, 0.2) is 17.3 Å². The van der Waals surface area contributed by atoms with Crippen LogP contribution < -0.4 is 14.2 Å². The molecule has 0 aliphatic carbocycles. The Morgan fingerprint density at radius 1 is 1.05 bits per heavy atom. The lowest BCUT2D eigenvalue weighted by Crippen LogP contribution is -1.95.